The van der Waals surface area contributed by atoms with Gasteiger partial charge in [-0.1, -0.05) is 36.4 Å². The molecule has 0 aromatic heterocycles. The van der Waals surface area contributed by atoms with Crippen molar-refractivity contribution in [3.8, 4) is 17.2 Å². The van der Waals surface area contributed by atoms with Gasteiger partial charge in [0.05, 0.1) is 19.2 Å². The number of imide groups is 1. The average molecular weight is 428 g/mol. The topological polar surface area (TPSA) is 77.1 Å². The third kappa shape index (κ3) is 3.54. The fourth-order valence-electron chi connectivity index (χ4n) is 3.75. The standard InChI is InChI=1S/C25H20N2O5/c1-30-19-10-8-18(9-11-19)26-23-22(17-5-3-2-4-6-17)24(28)27(25(23)29)14-16-7-12-20-21(13-16)32-15-31-20/h2-13,26H,14-15H2,1H3. The summed E-state index contributed by atoms with van der Waals surface area (Å²) in [6.45, 7) is 0.286. The Kier molecular flexibility index (Phi) is 4.99. The second-order valence-corrected chi connectivity index (χ2v) is 7.35. The zero-order chi connectivity index (χ0) is 22.1. The van der Waals surface area contributed by atoms with Crippen LogP contribution in [0.4, 0.5) is 5.69 Å². The predicted molar refractivity (Wildman–Crippen MR) is 118 cm³/mol. The van der Waals surface area contributed by atoms with Gasteiger partial charge in [0.25, 0.3) is 11.8 Å². The summed E-state index contributed by atoms with van der Waals surface area (Å²) in [4.78, 5) is 28.0. The van der Waals surface area contributed by atoms with E-state index in [4.69, 9.17) is 14.2 Å². The monoisotopic (exact) mass is 428 g/mol. The Balaban J connectivity index is 1.48. The maximum atomic E-state index is 13.4. The molecule has 5 rings (SSSR count). The molecular formula is C25H20N2O5. The van der Waals surface area contributed by atoms with Gasteiger partial charge in [-0.05, 0) is 47.5 Å². The van der Waals surface area contributed by atoms with Gasteiger partial charge in [0.2, 0.25) is 6.79 Å². The second-order valence-electron chi connectivity index (χ2n) is 7.35. The number of ether oxygens (including phenoxy) is 3. The summed E-state index contributed by atoms with van der Waals surface area (Å²) in [5.74, 6) is 1.22. The van der Waals surface area contributed by atoms with Gasteiger partial charge in [-0.25, -0.2) is 0 Å². The summed E-state index contributed by atoms with van der Waals surface area (Å²) in [6.07, 6.45) is 0. The number of anilines is 1. The van der Waals surface area contributed by atoms with Crippen molar-refractivity contribution >= 4 is 23.1 Å². The van der Waals surface area contributed by atoms with Crippen molar-refractivity contribution in [3.05, 3.63) is 89.6 Å². The third-order valence-electron chi connectivity index (χ3n) is 5.37. The third-order valence-corrected chi connectivity index (χ3v) is 5.37. The highest BCUT2D eigenvalue weighted by Gasteiger charge is 2.39. The van der Waals surface area contributed by atoms with Crippen LogP contribution >= 0.6 is 0 Å². The van der Waals surface area contributed by atoms with Crippen LogP contribution in [0.15, 0.2) is 78.5 Å². The molecule has 0 saturated heterocycles. The van der Waals surface area contributed by atoms with Crippen molar-refractivity contribution in [2.24, 2.45) is 0 Å². The Hall–Kier alpha value is -4.26. The first-order valence-corrected chi connectivity index (χ1v) is 10.1. The quantitative estimate of drug-likeness (QED) is 0.602. The molecule has 0 radical (unpaired) electrons. The lowest BCUT2D eigenvalue weighted by atomic mass is 10.0. The van der Waals surface area contributed by atoms with Gasteiger partial charge in [0.15, 0.2) is 11.5 Å². The summed E-state index contributed by atoms with van der Waals surface area (Å²) < 4.78 is 16.0. The fraction of sp³-hybridized carbons (Fsp3) is 0.120. The Labute approximate surface area is 184 Å². The molecule has 0 spiro atoms. The van der Waals surface area contributed by atoms with E-state index in [9.17, 15) is 9.59 Å². The molecule has 0 fully saturated rings. The number of hydrogen-bond donors (Lipinski definition) is 1. The van der Waals surface area contributed by atoms with Crippen LogP contribution in [0.3, 0.4) is 0 Å². The molecule has 32 heavy (non-hydrogen) atoms. The lowest BCUT2D eigenvalue weighted by molar-refractivity contribution is -0.137. The molecule has 0 aliphatic carbocycles. The minimum absolute atomic E-state index is 0.123. The number of rotatable bonds is 6. The Morgan fingerprint density at radius 2 is 1.66 bits per heavy atom. The Morgan fingerprint density at radius 3 is 2.41 bits per heavy atom. The molecule has 7 nitrogen and oxygen atoms in total. The number of benzene rings is 3. The maximum Gasteiger partial charge on any atom is 0.278 e. The van der Waals surface area contributed by atoms with Crippen LogP contribution in [-0.2, 0) is 16.1 Å². The molecule has 2 aliphatic rings. The largest absolute Gasteiger partial charge is 0.497 e. The molecule has 0 bridgehead atoms. The average Bonchev–Trinajstić information content (AvgIpc) is 3.38. The molecule has 160 valence electrons. The summed E-state index contributed by atoms with van der Waals surface area (Å²) >= 11 is 0. The normalized spacial score (nSPS) is 14.8. The van der Waals surface area contributed by atoms with Gasteiger partial charge in [0.1, 0.15) is 11.4 Å². The van der Waals surface area contributed by atoms with E-state index in [2.05, 4.69) is 5.32 Å². The molecule has 2 amide bonds. The van der Waals surface area contributed by atoms with E-state index in [-0.39, 0.29) is 30.8 Å². The van der Waals surface area contributed by atoms with E-state index in [0.717, 1.165) is 5.56 Å². The number of carbonyl (C=O) groups excluding carboxylic acids is 2. The van der Waals surface area contributed by atoms with Crippen molar-refractivity contribution in [1.82, 2.24) is 4.90 Å². The summed E-state index contributed by atoms with van der Waals surface area (Å²) in [7, 11) is 1.59. The molecule has 3 aromatic carbocycles. The highest BCUT2D eigenvalue weighted by molar-refractivity contribution is 6.36. The van der Waals surface area contributed by atoms with Crippen LogP contribution in [0.1, 0.15) is 11.1 Å². The smallest absolute Gasteiger partial charge is 0.278 e. The van der Waals surface area contributed by atoms with E-state index in [0.29, 0.717) is 34.1 Å². The van der Waals surface area contributed by atoms with E-state index in [1.54, 1.807) is 43.5 Å². The first-order valence-electron chi connectivity index (χ1n) is 10.1. The second kappa shape index (κ2) is 8.11. The fourth-order valence-corrected chi connectivity index (χ4v) is 3.75. The number of fused-ring (bicyclic) bond motifs is 1. The van der Waals surface area contributed by atoms with Gasteiger partial charge >= 0.3 is 0 Å². The van der Waals surface area contributed by atoms with Crippen LogP contribution in [0.2, 0.25) is 0 Å². The van der Waals surface area contributed by atoms with Gasteiger partial charge < -0.3 is 19.5 Å². The molecule has 7 heteroatoms. The van der Waals surface area contributed by atoms with E-state index in [1.165, 1.54) is 4.90 Å². The first kappa shape index (κ1) is 19.7. The zero-order valence-corrected chi connectivity index (χ0v) is 17.3. The van der Waals surface area contributed by atoms with E-state index >= 15 is 0 Å². The van der Waals surface area contributed by atoms with Crippen molar-refractivity contribution in [2.75, 3.05) is 19.2 Å². The predicted octanol–water partition coefficient (Wildman–Crippen LogP) is 3.82. The van der Waals surface area contributed by atoms with Crippen LogP contribution in [-0.4, -0.2) is 30.6 Å². The van der Waals surface area contributed by atoms with E-state index in [1.807, 2.05) is 36.4 Å². The lowest BCUT2D eigenvalue weighted by Crippen LogP contribution is -2.32. The minimum Gasteiger partial charge on any atom is -0.497 e. The minimum atomic E-state index is -0.387. The number of nitrogens with zero attached hydrogens (tertiary/aromatic N) is 1. The van der Waals surface area contributed by atoms with Gasteiger partial charge in [-0.3, -0.25) is 14.5 Å². The number of carbonyl (C=O) groups is 2. The highest BCUT2D eigenvalue weighted by atomic mass is 16.7. The molecule has 1 N–H and O–H groups in total. The van der Waals surface area contributed by atoms with Crippen molar-refractivity contribution < 1.29 is 23.8 Å². The molecule has 0 unspecified atom stereocenters. The van der Waals surface area contributed by atoms with Crippen molar-refractivity contribution in [2.45, 2.75) is 6.54 Å². The van der Waals surface area contributed by atoms with E-state index < -0.39 is 0 Å². The molecule has 2 aliphatic heterocycles. The summed E-state index contributed by atoms with van der Waals surface area (Å²) in [6, 6.07) is 21.8. The summed E-state index contributed by atoms with van der Waals surface area (Å²) in [5, 5.41) is 3.15. The molecule has 0 saturated carbocycles. The molecule has 3 aromatic rings. The van der Waals surface area contributed by atoms with Crippen LogP contribution in [0.5, 0.6) is 17.2 Å². The maximum absolute atomic E-state index is 13.4. The van der Waals surface area contributed by atoms with Crippen LogP contribution < -0.4 is 19.5 Å². The highest BCUT2D eigenvalue weighted by Crippen LogP contribution is 2.35. The van der Waals surface area contributed by atoms with Crippen molar-refractivity contribution in [1.29, 1.82) is 0 Å². The molecular weight excluding hydrogens is 408 g/mol. The molecule has 0 atom stereocenters. The number of amides is 2. The van der Waals surface area contributed by atoms with Gasteiger partial charge in [-0.2, -0.15) is 0 Å². The molecule has 2 heterocycles. The van der Waals surface area contributed by atoms with Crippen LogP contribution in [0.25, 0.3) is 5.57 Å². The SMILES string of the molecule is COc1ccc(NC2=C(c3ccccc3)C(=O)N(Cc3ccc4c(c3)OCO4)C2=O)cc1. The zero-order valence-electron chi connectivity index (χ0n) is 17.3. The Bertz CT molecular complexity index is 1220. The van der Waals surface area contributed by atoms with Gasteiger partial charge in [0, 0.05) is 5.69 Å². The van der Waals surface area contributed by atoms with Gasteiger partial charge in [-0.15, -0.1) is 0 Å². The Morgan fingerprint density at radius 1 is 0.906 bits per heavy atom. The lowest BCUT2D eigenvalue weighted by Gasteiger charge is -2.16. The summed E-state index contributed by atoms with van der Waals surface area (Å²) in [5.41, 5.74) is 2.71. The number of nitrogens with one attached hydrogen (secondary N) is 1. The first-order chi connectivity index (χ1) is 15.6. The number of methoxy groups -OCH3 is 1. The van der Waals surface area contributed by atoms with Crippen LogP contribution in [0, 0.1) is 0 Å². The van der Waals surface area contributed by atoms with Crippen molar-refractivity contribution in [3.63, 3.8) is 0 Å². The number of hydrogen-bond acceptors (Lipinski definition) is 6.